The van der Waals surface area contributed by atoms with Crippen molar-refractivity contribution in [2.45, 2.75) is 12.4 Å². The molecule has 2 aromatic heterocycles. The zero-order chi connectivity index (χ0) is 24.6. The predicted octanol–water partition coefficient (Wildman–Crippen LogP) is 4.73. The fourth-order valence-electron chi connectivity index (χ4n) is 3.01. The van der Waals surface area contributed by atoms with Crippen molar-refractivity contribution in [3.63, 3.8) is 0 Å². The molecule has 0 bridgehead atoms. The number of nitrogens with zero attached hydrogens (tertiary/aromatic N) is 2. The Kier molecular flexibility index (Phi) is 6.21. The Bertz CT molecular complexity index is 1260. The third kappa shape index (κ3) is 4.83. The van der Waals surface area contributed by atoms with Crippen LogP contribution >= 0.6 is 0 Å². The highest BCUT2D eigenvalue weighted by atomic mass is 19.4. The quantitative estimate of drug-likeness (QED) is 0.406. The van der Waals surface area contributed by atoms with Crippen molar-refractivity contribution in [1.29, 1.82) is 0 Å². The van der Waals surface area contributed by atoms with Crippen LogP contribution in [0.15, 0.2) is 53.6 Å². The summed E-state index contributed by atoms with van der Waals surface area (Å²) in [7, 11) is 2.25. The molecule has 6 nitrogen and oxygen atoms in total. The predicted molar refractivity (Wildman–Crippen MR) is 103 cm³/mol. The first-order chi connectivity index (χ1) is 15.4. The molecule has 1 aromatic carbocycles. The van der Waals surface area contributed by atoms with Gasteiger partial charge in [0.2, 0.25) is 0 Å². The topological polar surface area (TPSA) is 70.4 Å². The number of carbonyl (C=O) groups is 1. The lowest BCUT2D eigenvalue weighted by atomic mass is 9.98. The first-order valence-electron chi connectivity index (χ1n) is 9.01. The number of rotatable bonds is 4. The van der Waals surface area contributed by atoms with Gasteiger partial charge >= 0.3 is 18.3 Å². The molecular formula is C21H14F6N2O4. The van der Waals surface area contributed by atoms with Gasteiger partial charge in [0.15, 0.2) is 0 Å². The highest BCUT2D eigenvalue weighted by Gasteiger charge is 2.33. The average Bonchev–Trinajstić information content (AvgIpc) is 2.76. The zero-order valence-electron chi connectivity index (χ0n) is 16.9. The third-order valence-corrected chi connectivity index (χ3v) is 4.61. The van der Waals surface area contributed by atoms with Crippen LogP contribution in [0.4, 0.5) is 26.3 Å². The van der Waals surface area contributed by atoms with E-state index in [1.807, 2.05) is 0 Å². The van der Waals surface area contributed by atoms with Gasteiger partial charge in [-0.05, 0) is 30.3 Å². The minimum atomic E-state index is -4.75. The van der Waals surface area contributed by atoms with Gasteiger partial charge < -0.3 is 9.47 Å². The Morgan fingerprint density at radius 1 is 0.909 bits per heavy atom. The van der Waals surface area contributed by atoms with Crippen molar-refractivity contribution >= 4 is 5.97 Å². The van der Waals surface area contributed by atoms with E-state index in [1.165, 1.54) is 7.11 Å². The maximum atomic E-state index is 13.3. The summed E-state index contributed by atoms with van der Waals surface area (Å²) in [5, 5.41) is 0. The van der Waals surface area contributed by atoms with E-state index in [-0.39, 0.29) is 28.3 Å². The summed E-state index contributed by atoms with van der Waals surface area (Å²) >= 11 is 0. The molecule has 0 atom stereocenters. The summed E-state index contributed by atoms with van der Waals surface area (Å²) in [6, 6.07) is 4.63. The zero-order valence-corrected chi connectivity index (χ0v) is 16.9. The normalized spacial score (nSPS) is 11.9. The maximum Gasteiger partial charge on any atom is 0.416 e. The monoisotopic (exact) mass is 472 g/mol. The van der Waals surface area contributed by atoms with E-state index in [1.54, 1.807) is 0 Å². The second-order valence-electron chi connectivity index (χ2n) is 6.61. The van der Waals surface area contributed by atoms with Crippen molar-refractivity contribution in [2.24, 2.45) is 0 Å². The number of alkyl halides is 6. The van der Waals surface area contributed by atoms with Gasteiger partial charge in [-0.1, -0.05) is 0 Å². The third-order valence-electron chi connectivity index (χ3n) is 4.61. The summed E-state index contributed by atoms with van der Waals surface area (Å²) in [4.78, 5) is 28.4. The van der Waals surface area contributed by atoms with Crippen molar-refractivity contribution in [1.82, 2.24) is 9.55 Å². The summed E-state index contributed by atoms with van der Waals surface area (Å²) in [5.41, 5.74) is -3.88. The lowest BCUT2D eigenvalue weighted by Gasteiger charge is -2.16. The van der Waals surface area contributed by atoms with Crippen molar-refractivity contribution in [2.75, 3.05) is 14.2 Å². The van der Waals surface area contributed by atoms with Crippen LogP contribution in [-0.2, 0) is 17.1 Å². The molecule has 33 heavy (non-hydrogen) atoms. The van der Waals surface area contributed by atoms with Crippen molar-refractivity contribution in [3.8, 4) is 22.7 Å². The molecule has 0 radical (unpaired) electrons. The lowest BCUT2D eigenvalue weighted by Crippen LogP contribution is -2.21. The van der Waals surface area contributed by atoms with Gasteiger partial charge in [0, 0.05) is 29.6 Å². The molecule has 0 N–H and O–H groups in total. The first-order valence-corrected chi connectivity index (χ1v) is 9.01. The molecule has 0 unspecified atom stereocenters. The van der Waals surface area contributed by atoms with E-state index < -0.39 is 35.0 Å². The minimum absolute atomic E-state index is 0.0370. The summed E-state index contributed by atoms with van der Waals surface area (Å²) in [5.74, 6) is -1.22. The SMILES string of the molecule is COC(=O)c1cnc(-n2ccc(C(F)(F)F)cc2=O)cc1-c1cc(C(F)(F)F)ccc1OC. The van der Waals surface area contributed by atoms with Gasteiger partial charge in [-0.15, -0.1) is 0 Å². The lowest BCUT2D eigenvalue weighted by molar-refractivity contribution is -0.138. The van der Waals surface area contributed by atoms with Gasteiger partial charge in [-0.25, -0.2) is 9.78 Å². The van der Waals surface area contributed by atoms with Crippen LogP contribution in [0.5, 0.6) is 5.75 Å². The molecule has 12 heteroatoms. The number of carbonyl (C=O) groups excluding carboxylic acids is 1. The molecule has 0 saturated heterocycles. The smallest absolute Gasteiger partial charge is 0.416 e. The Labute approximate surface area is 182 Å². The second kappa shape index (κ2) is 8.60. The molecule has 3 rings (SSSR count). The molecular weight excluding hydrogens is 458 g/mol. The van der Waals surface area contributed by atoms with Crippen LogP contribution in [-0.4, -0.2) is 29.7 Å². The Balaban J connectivity index is 2.28. The average molecular weight is 472 g/mol. The van der Waals surface area contributed by atoms with Crippen LogP contribution in [0.2, 0.25) is 0 Å². The number of aromatic nitrogens is 2. The van der Waals surface area contributed by atoms with E-state index in [2.05, 4.69) is 9.72 Å². The summed E-state index contributed by atoms with van der Waals surface area (Å²) < 4.78 is 89.0. The van der Waals surface area contributed by atoms with E-state index in [4.69, 9.17) is 4.74 Å². The molecule has 0 fully saturated rings. The van der Waals surface area contributed by atoms with E-state index >= 15 is 0 Å². The van der Waals surface area contributed by atoms with Crippen LogP contribution in [0.3, 0.4) is 0 Å². The molecule has 0 spiro atoms. The molecule has 0 saturated carbocycles. The molecule has 174 valence electrons. The molecule has 0 aliphatic rings. The number of halogens is 6. The first kappa shape index (κ1) is 23.8. The number of pyridine rings is 2. The molecule has 2 heterocycles. The van der Waals surface area contributed by atoms with Crippen molar-refractivity contribution in [3.05, 3.63) is 75.8 Å². The fourth-order valence-corrected chi connectivity index (χ4v) is 3.01. The van der Waals surface area contributed by atoms with Crippen LogP contribution in [0.1, 0.15) is 21.5 Å². The Hall–Kier alpha value is -3.83. The maximum absolute atomic E-state index is 13.3. The molecule has 0 aliphatic carbocycles. The number of hydrogen-bond acceptors (Lipinski definition) is 5. The summed E-state index contributed by atoms with van der Waals surface area (Å²) in [6.07, 6.45) is -7.71. The fraction of sp³-hybridized carbons (Fsp3) is 0.190. The van der Waals surface area contributed by atoms with Gasteiger partial charge in [0.1, 0.15) is 11.6 Å². The van der Waals surface area contributed by atoms with Crippen LogP contribution in [0, 0.1) is 0 Å². The molecule has 3 aromatic rings. The van der Waals surface area contributed by atoms with Gasteiger partial charge in [-0.3, -0.25) is 9.36 Å². The van der Waals surface area contributed by atoms with E-state index in [9.17, 15) is 35.9 Å². The van der Waals surface area contributed by atoms with E-state index in [0.29, 0.717) is 12.1 Å². The number of esters is 1. The highest BCUT2D eigenvalue weighted by molar-refractivity contribution is 5.98. The number of hydrogen-bond donors (Lipinski definition) is 0. The van der Waals surface area contributed by atoms with Crippen LogP contribution in [0.25, 0.3) is 16.9 Å². The van der Waals surface area contributed by atoms with Crippen molar-refractivity contribution < 1.29 is 40.6 Å². The van der Waals surface area contributed by atoms with Crippen LogP contribution < -0.4 is 10.3 Å². The minimum Gasteiger partial charge on any atom is -0.496 e. The van der Waals surface area contributed by atoms with E-state index in [0.717, 1.165) is 48.3 Å². The molecule has 0 amide bonds. The second-order valence-corrected chi connectivity index (χ2v) is 6.61. The largest absolute Gasteiger partial charge is 0.496 e. The standard InChI is InChI=1S/C21H14F6N2O4/c1-32-16-4-3-11(20(22,23)24)7-14(16)13-9-17(28-10-15(13)19(31)33-2)29-6-5-12(8-18(29)30)21(25,26)27/h3-10H,1-2H3. The van der Waals surface area contributed by atoms with Gasteiger partial charge in [-0.2, -0.15) is 26.3 Å². The summed E-state index contributed by atoms with van der Waals surface area (Å²) in [6.45, 7) is 0. The highest BCUT2D eigenvalue weighted by Crippen LogP contribution is 2.39. The Morgan fingerprint density at radius 2 is 1.55 bits per heavy atom. The Morgan fingerprint density at radius 3 is 2.09 bits per heavy atom. The van der Waals surface area contributed by atoms with Gasteiger partial charge in [0.25, 0.3) is 5.56 Å². The molecule has 0 aliphatic heterocycles. The number of benzene rings is 1. The number of ether oxygens (including phenoxy) is 2. The number of methoxy groups -OCH3 is 2. The van der Waals surface area contributed by atoms with Gasteiger partial charge in [0.05, 0.1) is 30.9 Å².